The largest absolute Gasteiger partial charge is 0.491 e. The molecule has 0 saturated heterocycles. The number of nitrogens with zero attached hydrogens (tertiary/aromatic N) is 2. The van der Waals surface area contributed by atoms with Gasteiger partial charge in [-0.15, -0.1) is 11.3 Å². The Morgan fingerprint density at radius 3 is 2.69 bits per heavy atom. The van der Waals surface area contributed by atoms with Gasteiger partial charge in [0.25, 0.3) is 5.91 Å². The Hall–Kier alpha value is -2.90. The van der Waals surface area contributed by atoms with Crippen LogP contribution in [0, 0.1) is 11.7 Å². The molecule has 2 amide bonds. The third-order valence-electron chi connectivity index (χ3n) is 6.30. The molecule has 1 atom stereocenters. The van der Waals surface area contributed by atoms with E-state index in [-0.39, 0.29) is 30.0 Å². The Morgan fingerprint density at radius 1 is 1.19 bits per heavy atom. The van der Waals surface area contributed by atoms with Crippen LogP contribution in [-0.2, 0) is 11.2 Å². The minimum atomic E-state index is -0.476. The van der Waals surface area contributed by atoms with E-state index in [1.165, 1.54) is 28.0 Å². The van der Waals surface area contributed by atoms with Crippen LogP contribution in [0.25, 0.3) is 0 Å². The summed E-state index contributed by atoms with van der Waals surface area (Å²) in [6.45, 7) is 5.33. The number of carbonyl (C=O) groups excluding carboxylic acids is 2. The van der Waals surface area contributed by atoms with Crippen LogP contribution in [0.4, 0.5) is 4.39 Å². The lowest BCUT2D eigenvalue weighted by atomic mass is 10.00. The number of ether oxygens (including phenoxy) is 1. The van der Waals surface area contributed by atoms with E-state index < -0.39 is 5.82 Å². The van der Waals surface area contributed by atoms with E-state index in [1.807, 2.05) is 16.3 Å². The first-order chi connectivity index (χ1) is 17.3. The molecular weight excluding hydrogens is 499 g/mol. The molecule has 5 nitrogen and oxygen atoms in total. The van der Waals surface area contributed by atoms with Crippen molar-refractivity contribution in [3.05, 3.63) is 86.8 Å². The van der Waals surface area contributed by atoms with Crippen molar-refractivity contribution in [1.29, 1.82) is 0 Å². The van der Waals surface area contributed by atoms with E-state index in [4.69, 9.17) is 16.3 Å². The molecule has 0 fully saturated rings. The molecule has 1 aromatic heterocycles. The fourth-order valence-corrected chi connectivity index (χ4v) is 5.36. The Morgan fingerprint density at radius 2 is 1.97 bits per heavy atom. The smallest absolute Gasteiger partial charge is 0.254 e. The van der Waals surface area contributed by atoms with E-state index in [1.54, 1.807) is 41.7 Å². The van der Waals surface area contributed by atoms with Crippen molar-refractivity contribution in [2.24, 2.45) is 5.92 Å². The van der Waals surface area contributed by atoms with Crippen molar-refractivity contribution in [3.8, 4) is 5.75 Å². The highest BCUT2D eigenvalue weighted by atomic mass is 35.5. The van der Waals surface area contributed by atoms with Crippen LogP contribution in [-0.4, -0.2) is 47.9 Å². The van der Waals surface area contributed by atoms with E-state index in [0.717, 1.165) is 18.4 Å². The van der Waals surface area contributed by atoms with Gasteiger partial charge < -0.3 is 14.5 Å². The van der Waals surface area contributed by atoms with Crippen molar-refractivity contribution in [3.63, 3.8) is 0 Å². The second-order valence-corrected chi connectivity index (χ2v) is 10.8. The fraction of sp³-hybridized carbons (Fsp3) is 0.357. The zero-order valence-corrected chi connectivity index (χ0v) is 22.0. The third-order valence-corrected chi connectivity index (χ3v) is 7.55. The molecule has 0 radical (unpaired) electrons. The van der Waals surface area contributed by atoms with Gasteiger partial charge >= 0.3 is 0 Å². The molecule has 0 aliphatic carbocycles. The molecule has 36 heavy (non-hydrogen) atoms. The number of hydrogen-bond acceptors (Lipinski definition) is 4. The van der Waals surface area contributed by atoms with Crippen LogP contribution in [0.3, 0.4) is 0 Å². The minimum Gasteiger partial charge on any atom is -0.491 e. The molecule has 0 saturated carbocycles. The van der Waals surface area contributed by atoms with Crippen LogP contribution in [0.15, 0.2) is 60.0 Å². The lowest BCUT2D eigenvalue weighted by Gasteiger charge is -2.37. The molecule has 4 rings (SSSR count). The number of amides is 2. The molecule has 8 heteroatoms. The maximum absolute atomic E-state index is 13.8. The van der Waals surface area contributed by atoms with Gasteiger partial charge in [0.15, 0.2) is 0 Å². The normalized spacial score (nSPS) is 15.0. The van der Waals surface area contributed by atoms with Gasteiger partial charge in [-0.1, -0.05) is 31.5 Å². The number of rotatable bonds is 9. The van der Waals surface area contributed by atoms with Gasteiger partial charge in [-0.05, 0) is 78.2 Å². The Bertz CT molecular complexity index is 1200. The van der Waals surface area contributed by atoms with Gasteiger partial charge in [-0.25, -0.2) is 4.39 Å². The van der Waals surface area contributed by atoms with Gasteiger partial charge in [0.1, 0.15) is 24.7 Å². The quantitative estimate of drug-likeness (QED) is 0.330. The summed E-state index contributed by atoms with van der Waals surface area (Å²) < 4.78 is 19.9. The summed E-state index contributed by atoms with van der Waals surface area (Å²) in [5.74, 6) is 0.0629. The summed E-state index contributed by atoms with van der Waals surface area (Å²) in [5.41, 5.74) is 1.33. The van der Waals surface area contributed by atoms with Crippen LogP contribution in [0.5, 0.6) is 5.75 Å². The molecule has 0 bridgehead atoms. The maximum atomic E-state index is 13.8. The number of hydrogen-bond donors (Lipinski definition) is 0. The zero-order valence-electron chi connectivity index (χ0n) is 20.5. The molecular formula is C28H30ClFN2O3S. The highest BCUT2D eigenvalue weighted by molar-refractivity contribution is 7.10. The van der Waals surface area contributed by atoms with Crippen molar-refractivity contribution >= 4 is 34.8 Å². The summed E-state index contributed by atoms with van der Waals surface area (Å²) in [7, 11) is 0. The summed E-state index contributed by atoms with van der Waals surface area (Å²) in [6.07, 6.45) is 1.51. The number of benzene rings is 2. The molecule has 1 aliphatic heterocycles. The topological polar surface area (TPSA) is 49.9 Å². The first-order valence-corrected chi connectivity index (χ1v) is 13.4. The van der Waals surface area contributed by atoms with E-state index in [0.29, 0.717) is 36.4 Å². The lowest BCUT2D eigenvalue weighted by molar-refractivity contribution is -0.135. The maximum Gasteiger partial charge on any atom is 0.254 e. The van der Waals surface area contributed by atoms with Crippen LogP contribution in [0.2, 0.25) is 5.02 Å². The molecule has 2 aromatic carbocycles. The average molecular weight is 529 g/mol. The van der Waals surface area contributed by atoms with Gasteiger partial charge in [-0.2, -0.15) is 0 Å². The van der Waals surface area contributed by atoms with Crippen LogP contribution >= 0.6 is 22.9 Å². The molecule has 2 heterocycles. The number of carbonyl (C=O) groups is 2. The Labute approximate surface area is 220 Å². The molecule has 3 aromatic rings. The zero-order chi connectivity index (χ0) is 25.7. The SMILES string of the molecule is CC(C)CCN(CC(=O)N1CCc2sccc2C1COc1ccc(Cl)cc1)C(=O)c1cccc(F)c1. The summed E-state index contributed by atoms with van der Waals surface area (Å²) in [4.78, 5) is 31.5. The standard InChI is InChI=1S/C28H30ClFN2O3S/c1-19(2)10-13-31(28(34)20-4-3-5-22(30)16-20)17-27(33)32-14-11-26-24(12-15-36-26)25(32)18-35-23-8-6-21(29)7-9-23/h3-9,12,15-16,19,25H,10-11,13-14,17-18H2,1-2H3. The number of thiophene rings is 1. The van der Waals surface area contributed by atoms with Crippen molar-refractivity contribution in [2.45, 2.75) is 32.7 Å². The van der Waals surface area contributed by atoms with E-state index in [2.05, 4.69) is 13.8 Å². The Balaban J connectivity index is 1.53. The number of fused-ring (bicyclic) bond motifs is 1. The van der Waals surface area contributed by atoms with Gasteiger partial charge in [0.2, 0.25) is 5.91 Å². The molecule has 0 N–H and O–H groups in total. The van der Waals surface area contributed by atoms with E-state index >= 15 is 0 Å². The second-order valence-electron chi connectivity index (χ2n) is 9.34. The molecule has 1 aliphatic rings. The van der Waals surface area contributed by atoms with Crippen molar-refractivity contribution < 1.29 is 18.7 Å². The third kappa shape index (κ3) is 6.45. The van der Waals surface area contributed by atoms with Gasteiger partial charge in [-0.3, -0.25) is 9.59 Å². The summed E-state index contributed by atoms with van der Waals surface area (Å²) in [6, 6.07) is 14.5. The van der Waals surface area contributed by atoms with Crippen molar-refractivity contribution in [1.82, 2.24) is 9.80 Å². The van der Waals surface area contributed by atoms with Crippen LogP contribution in [0.1, 0.15) is 47.1 Å². The monoisotopic (exact) mass is 528 g/mol. The lowest BCUT2D eigenvalue weighted by Crippen LogP contribution is -2.48. The van der Waals surface area contributed by atoms with Gasteiger partial charge in [0, 0.05) is 28.6 Å². The first-order valence-electron chi connectivity index (χ1n) is 12.1. The fourth-order valence-electron chi connectivity index (χ4n) is 4.31. The van der Waals surface area contributed by atoms with E-state index in [9.17, 15) is 14.0 Å². The summed E-state index contributed by atoms with van der Waals surface area (Å²) >= 11 is 7.67. The van der Waals surface area contributed by atoms with Gasteiger partial charge in [0.05, 0.1) is 6.04 Å². The average Bonchev–Trinajstić information content (AvgIpc) is 3.34. The first kappa shape index (κ1) is 26.2. The predicted molar refractivity (Wildman–Crippen MR) is 141 cm³/mol. The number of halogens is 2. The molecule has 1 unspecified atom stereocenters. The minimum absolute atomic E-state index is 0.0705. The highest BCUT2D eigenvalue weighted by Gasteiger charge is 2.33. The second kappa shape index (κ2) is 11.9. The Kier molecular flexibility index (Phi) is 8.64. The predicted octanol–water partition coefficient (Wildman–Crippen LogP) is 6.23. The van der Waals surface area contributed by atoms with Crippen molar-refractivity contribution in [2.75, 3.05) is 26.2 Å². The highest BCUT2D eigenvalue weighted by Crippen LogP contribution is 2.34. The molecule has 0 spiro atoms. The summed E-state index contributed by atoms with van der Waals surface area (Å²) in [5, 5.41) is 2.66. The van der Waals surface area contributed by atoms with Crippen LogP contribution < -0.4 is 4.74 Å². The molecule has 190 valence electrons.